The number of anilines is 1. The molecule has 13 heteroatoms. The van der Waals surface area contributed by atoms with Crippen LogP contribution in [-0.4, -0.2) is 37.6 Å². The number of carbonyl (C=O) groups is 1. The molecule has 180 valence electrons. The number of rotatable bonds is 6. The lowest BCUT2D eigenvalue weighted by atomic mass is 10.1. The molecule has 0 saturated heterocycles. The third-order valence-electron chi connectivity index (χ3n) is 5.56. The Bertz CT molecular complexity index is 1580. The number of amides is 1. The highest BCUT2D eigenvalue weighted by Crippen LogP contribution is 2.31. The maximum absolute atomic E-state index is 13.1. The predicted molar refractivity (Wildman–Crippen MR) is 127 cm³/mol. The second kappa shape index (κ2) is 9.11. The summed E-state index contributed by atoms with van der Waals surface area (Å²) in [6, 6.07) is 10.9. The van der Waals surface area contributed by atoms with Crippen molar-refractivity contribution < 1.29 is 19.4 Å². The highest BCUT2D eigenvalue weighted by atomic mass is 16.6. The molecule has 1 N–H and O–H groups in total. The van der Waals surface area contributed by atoms with Crippen LogP contribution in [0.15, 0.2) is 42.6 Å². The van der Waals surface area contributed by atoms with Gasteiger partial charge in [0.2, 0.25) is 0 Å². The van der Waals surface area contributed by atoms with Gasteiger partial charge in [-0.2, -0.15) is 15.0 Å². The maximum Gasteiger partial charge on any atom is 0.279 e. The Morgan fingerprint density at radius 1 is 1.14 bits per heavy atom. The molecule has 4 rings (SSSR count). The summed E-state index contributed by atoms with van der Waals surface area (Å²) in [6.07, 6.45) is 1.22. The van der Waals surface area contributed by atoms with E-state index >= 15 is 0 Å². The van der Waals surface area contributed by atoms with E-state index in [1.807, 2.05) is 25.1 Å². The first-order valence-corrected chi connectivity index (χ1v) is 10.3. The number of para-hydroxylation sites is 1. The lowest BCUT2D eigenvalue weighted by molar-refractivity contribution is -0.395. The van der Waals surface area contributed by atoms with Gasteiger partial charge in [-0.15, -0.1) is 0 Å². The number of hydrogen-bond donors (Lipinski definition) is 1. The van der Waals surface area contributed by atoms with E-state index in [-0.39, 0.29) is 28.3 Å². The molecular weight excluding hydrogens is 470 g/mol. The molecule has 0 saturated carbocycles. The number of nitrogens with zero attached hydrogens (tertiary/aromatic N) is 6. The number of nitro groups is 2. The minimum atomic E-state index is -0.908. The van der Waals surface area contributed by atoms with Gasteiger partial charge in [-0.1, -0.05) is 12.1 Å². The summed E-state index contributed by atoms with van der Waals surface area (Å²) in [4.78, 5) is 38.8. The van der Waals surface area contributed by atoms with Crippen molar-refractivity contribution in [3.05, 3.63) is 85.1 Å². The van der Waals surface area contributed by atoms with E-state index in [1.165, 1.54) is 24.9 Å². The van der Waals surface area contributed by atoms with E-state index in [9.17, 15) is 30.3 Å². The molecule has 4 aromatic rings. The zero-order chi connectivity index (χ0) is 26.1. The van der Waals surface area contributed by atoms with Gasteiger partial charge < -0.3 is 10.1 Å². The Balaban J connectivity index is 1.83. The number of ether oxygens (including phenoxy) is 1. The van der Waals surface area contributed by atoms with Crippen LogP contribution >= 0.6 is 0 Å². The van der Waals surface area contributed by atoms with Crippen molar-refractivity contribution in [2.45, 2.75) is 13.8 Å². The van der Waals surface area contributed by atoms with Crippen LogP contribution in [0.4, 0.5) is 17.2 Å². The van der Waals surface area contributed by atoms with Crippen molar-refractivity contribution in [1.82, 2.24) is 14.8 Å². The fourth-order valence-corrected chi connectivity index (χ4v) is 3.75. The molecule has 0 spiro atoms. The van der Waals surface area contributed by atoms with Gasteiger partial charge in [0.05, 0.1) is 28.7 Å². The number of benzene rings is 2. The van der Waals surface area contributed by atoms with Gasteiger partial charge in [-0.25, -0.2) is 4.98 Å². The SMILES string of the molecule is COc1cccc2c(C)cc(-n3ncc(C#N)c3NC(=O)c3cc([N+](=O)[O-])c(C)c([N+](=O)[O-])c3)nc12. The van der Waals surface area contributed by atoms with Crippen LogP contribution in [0.1, 0.15) is 27.0 Å². The van der Waals surface area contributed by atoms with Crippen molar-refractivity contribution >= 4 is 34.0 Å². The standard InChI is InChI=1S/C23H17N7O6/c1-12-7-20(26-21-16(12)5-4-6-19(21)36-3)28-22(15(10-24)11-25-28)27-23(31)14-8-17(29(32)33)13(2)18(9-14)30(34)35/h4-9,11H,1-3H3,(H,27,31). The second-order valence-corrected chi connectivity index (χ2v) is 7.69. The van der Waals surface area contributed by atoms with Crippen molar-refractivity contribution in [3.63, 3.8) is 0 Å². The molecule has 0 bridgehead atoms. The smallest absolute Gasteiger partial charge is 0.279 e. The summed E-state index contributed by atoms with van der Waals surface area (Å²) in [5.41, 5.74) is -0.339. The number of aryl methyl sites for hydroxylation is 1. The molecule has 2 aromatic heterocycles. The van der Waals surface area contributed by atoms with Gasteiger partial charge in [-0.3, -0.25) is 25.0 Å². The van der Waals surface area contributed by atoms with E-state index in [0.29, 0.717) is 11.3 Å². The fourth-order valence-electron chi connectivity index (χ4n) is 3.75. The van der Waals surface area contributed by atoms with E-state index < -0.39 is 27.1 Å². The third-order valence-corrected chi connectivity index (χ3v) is 5.56. The molecule has 0 aliphatic rings. The summed E-state index contributed by atoms with van der Waals surface area (Å²) in [7, 11) is 1.51. The van der Waals surface area contributed by atoms with Crippen molar-refractivity contribution in [2.75, 3.05) is 12.4 Å². The lowest BCUT2D eigenvalue weighted by Gasteiger charge is -2.13. The van der Waals surface area contributed by atoms with Gasteiger partial charge >= 0.3 is 0 Å². The first-order valence-electron chi connectivity index (χ1n) is 10.3. The Morgan fingerprint density at radius 2 is 1.81 bits per heavy atom. The van der Waals surface area contributed by atoms with Gasteiger partial charge in [0.1, 0.15) is 28.5 Å². The Hall–Kier alpha value is -5.38. The number of fused-ring (bicyclic) bond motifs is 1. The van der Waals surface area contributed by atoms with Crippen LogP contribution in [0, 0.1) is 45.4 Å². The van der Waals surface area contributed by atoms with E-state index in [1.54, 1.807) is 12.1 Å². The van der Waals surface area contributed by atoms with E-state index in [0.717, 1.165) is 23.1 Å². The zero-order valence-electron chi connectivity index (χ0n) is 19.2. The molecule has 0 fully saturated rings. The fraction of sp³-hybridized carbons (Fsp3) is 0.130. The van der Waals surface area contributed by atoms with Crippen LogP contribution in [0.2, 0.25) is 0 Å². The number of nitrogens with one attached hydrogen (secondary N) is 1. The van der Waals surface area contributed by atoms with Gasteiger partial charge in [0, 0.05) is 17.5 Å². The van der Waals surface area contributed by atoms with Crippen LogP contribution in [0.25, 0.3) is 16.7 Å². The first kappa shape index (κ1) is 23.8. The summed E-state index contributed by atoms with van der Waals surface area (Å²) in [5.74, 6) is -0.193. The molecule has 13 nitrogen and oxygen atoms in total. The van der Waals surface area contributed by atoms with Crippen LogP contribution < -0.4 is 10.1 Å². The number of methoxy groups -OCH3 is 1. The van der Waals surface area contributed by atoms with Gasteiger partial charge in [0.15, 0.2) is 11.6 Å². The molecule has 0 unspecified atom stereocenters. The molecule has 0 radical (unpaired) electrons. The zero-order valence-corrected chi connectivity index (χ0v) is 19.2. The number of hydrogen-bond acceptors (Lipinski definition) is 9. The topological polar surface area (TPSA) is 179 Å². The van der Waals surface area contributed by atoms with E-state index in [2.05, 4.69) is 15.4 Å². The van der Waals surface area contributed by atoms with Crippen LogP contribution in [0.3, 0.4) is 0 Å². The predicted octanol–water partition coefficient (Wildman–Crippen LogP) is 3.99. The number of carbonyl (C=O) groups excluding carboxylic acids is 1. The number of pyridine rings is 1. The average molecular weight is 487 g/mol. The molecule has 0 aliphatic heterocycles. The third kappa shape index (κ3) is 4.03. The Kier molecular flexibility index (Phi) is 6.01. The summed E-state index contributed by atoms with van der Waals surface area (Å²) >= 11 is 0. The van der Waals surface area contributed by atoms with Crippen LogP contribution in [-0.2, 0) is 0 Å². The lowest BCUT2D eigenvalue weighted by Crippen LogP contribution is -2.17. The summed E-state index contributed by atoms with van der Waals surface area (Å²) in [5, 5.41) is 39.9. The number of nitriles is 1. The van der Waals surface area contributed by atoms with Crippen molar-refractivity contribution in [1.29, 1.82) is 5.26 Å². The highest BCUT2D eigenvalue weighted by molar-refractivity contribution is 6.05. The molecular formula is C23H17N7O6. The normalized spacial score (nSPS) is 10.6. The average Bonchev–Trinajstić information content (AvgIpc) is 3.25. The molecule has 1 amide bonds. The van der Waals surface area contributed by atoms with Crippen molar-refractivity contribution in [2.24, 2.45) is 0 Å². The monoisotopic (exact) mass is 487 g/mol. The second-order valence-electron chi connectivity index (χ2n) is 7.69. The van der Waals surface area contributed by atoms with Gasteiger partial charge in [-0.05, 0) is 31.5 Å². The summed E-state index contributed by atoms with van der Waals surface area (Å²) < 4.78 is 6.63. The number of nitro benzene ring substituents is 2. The highest BCUT2D eigenvalue weighted by Gasteiger charge is 2.26. The molecule has 0 aliphatic carbocycles. The molecule has 0 atom stereocenters. The maximum atomic E-state index is 13.1. The number of aromatic nitrogens is 3. The first-order chi connectivity index (χ1) is 17.2. The van der Waals surface area contributed by atoms with Crippen molar-refractivity contribution in [3.8, 4) is 17.6 Å². The quantitative estimate of drug-likeness (QED) is 0.311. The Labute approximate surface area is 202 Å². The minimum Gasteiger partial charge on any atom is -0.494 e. The van der Waals surface area contributed by atoms with Gasteiger partial charge in [0.25, 0.3) is 17.3 Å². The molecule has 2 aromatic carbocycles. The van der Waals surface area contributed by atoms with E-state index in [4.69, 9.17) is 4.74 Å². The van der Waals surface area contributed by atoms with Crippen LogP contribution in [0.5, 0.6) is 5.75 Å². The Morgan fingerprint density at radius 3 is 2.39 bits per heavy atom. The molecule has 36 heavy (non-hydrogen) atoms. The molecule has 2 heterocycles. The summed E-state index contributed by atoms with van der Waals surface area (Å²) in [6.45, 7) is 3.08. The minimum absolute atomic E-state index is 0.0148. The largest absolute Gasteiger partial charge is 0.494 e.